The molecule has 0 amide bonds. The number of hydrogen-bond donors (Lipinski definition) is 6. The van der Waals surface area contributed by atoms with Crippen molar-refractivity contribution >= 4 is 44.1 Å². The van der Waals surface area contributed by atoms with Crippen LogP contribution in [0.1, 0.15) is 22.3 Å². The minimum atomic E-state index is -3.67. The van der Waals surface area contributed by atoms with Gasteiger partial charge in [-0.1, -0.05) is 60.7 Å². The zero-order chi connectivity index (χ0) is 23.5. The molecule has 0 bridgehead atoms. The summed E-state index contributed by atoms with van der Waals surface area (Å²) >= 11 is 0. The first-order valence-electron chi connectivity index (χ1n) is 7.98. The SMILES string of the molecule is CS(=O)(=O)O.CS(=O)(=O)O.N=C(N)c1ccc(/C=C/c2ccc(C(=N)N)cc2)cc1. The number of rotatable bonds is 4. The summed E-state index contributed by atoms with van der Waals surface area (Å²) in [6, 6.07) is 14.9. The fraction of sp³-hybridized carbons (Fsp3) is 0.111. The van der Waals surface area contributed by atoms with Gasteiger partial charge in [0.05, 0.1) is 12.5 Å². The molecule has 0 aliphatic rings. The Morgan fingerprint density at radius 2 is 0.900 bits per heavy atom. The molecule has 0 spiro atoms. The summed E-state index contributed by atoms with van der Waals surface area (Å²) in [7, 11) is -7.33. The highest BCUT2D eigenvalue weighted by Crippen LogP contribution is 2.10. The highest BCUT2D eigenvalue weighted by Gasteiger charge is 1.96. The Morgan fingerprint density at radius 3 is 1.07 bits per heavy atom. The van der Waals surface area contributed by atoms with E-state index in [9.17, 15) is 16.8 Å². The van der Waals surface area contributed by atoms with Gasteiger partial charge in [0.25, 0.3) is 20.2 Å². The van der Waals surface area contributed by atoms with Crippen molar-refractivity contribution in [2.45, 2.75) is 0 Å². The summed E-state index contributed by atoms with van der Waals surface area (Å²) in [5.74, 6) is 0.140. The maximum absolute atomic E-state index is 9.19. The van der Waals surface area contributed by atoms with Crippen molar-refractivity contribution in [1.82, 2.24) is 0 Å². The van der Waals surface area contributed by atoms with E-state index >= 15 is 0 Å². The van der Waals surface area contributed by atoms with Crippen molar-refractivity contribution < 1.29 is 25.9 Å². The molecule has 12 heteroatoms. The second-order valence-corrected chi connectivity index (χ2v) is 8.80. The summed E-state index contributed by atoms with van der Waals surface area (Å²) in [6.07, 6.45) is 5.39. The zero-order valence-electron chi connectivity index (χ0n) is 16.3. The Hall–Kier alpha value is -3.06. The van der Waals surface area contributed by atoms with Gasteiger partial charge >= 0.3 is 0 Å². The topological polar surface area (TPSA) is 208 Å². The fourth-order valence-electron chi connectivity index (χ4n) is 1.74. The van der Waals surface area contributed by atoms with Crippen molar-refractivity contribution in [3.63, 3.8) is 0 Å². The molecule has 164 valence electrons. The van der Waals surface area contributed by atoms with E-state index in [1.165, 1.54) is 0 Å². The third-order valence-electron chi connectivity index (χ3n) is 2.91. The van der Waals surface area contributed by atoms with Gasteiger partial charge in [0.1, 0.15) is 11.7 Å². The van der Waals surface area contributed by atoms with Crippen molar-refractivity contribution in [2.75, 3.05) is 12.5 Å². The van der Waals surface area contributed by atoms with Gasteiger partial charge in [-0.3, -0.25) is 19.9 Å². The summed E-state index contributed by atoms with van der Waals surface area (Å²) in [5, 5.41) is 14.7. The molecule has 2 aromatic carbocycles. The minimum Gasteiger partial charge on any atom is -0.384 e. The molecule has 0 atom stereocenters. The van der Waals surface area contributed by atoms with Crippen molar-refractivity contribution in [3.05, 3.63) is 70.8 Å². The van der Waals surface area contributed by atoms with Crippen LogP contribution in [-0.4, -0.2) is 50.1 Å². The molecule has 0 saturated heterocycles. The van der Waals surface area contributed by atoms with Gasteiger partial charge in [-0.25, -0.2) is 0 Å². The highest BCUT2D eigenvalue weighted by molar-refractivity contribution is 7.85. The van der Waals surface area contributed by atoms with Gasteiger partial charge in [0, 0.05) is 11.1 Å². The number of benzene rings is 2. The number of amidine groups is 2. The Morgan fingerprint density at radius 1 is 0.700 bits per heavy atom. The molecule has 2 rings (SSSR count). The van der Waals surface area contributed by atoms with Crippen LogP contribution >= 0.6 is 0 Å². The van der Waals surface area contributed by atoms with E-state index in [1.807, 2.05) is 60.7 Å². The molecule has 0 aliphatic carbocycles. The number of nitrogens with two attached hydrogens (primary N) is 2. The fourth-order valence-corrected chi connectivity index (χ4v) is 1.74. The van der Waals surface area contributed by atoms with Gasteiger partial charge in [-0.15, -0.1) is 0 Å². The van der Waals surface area contributed by atoms with Crippen LogP contribution in [0.3, 0.4) is 0 Å². The van der Waals surface area contributed by atoms with Gasteiger partial charge in [0.2, 0.25) is 0 Å². The number of hydrogen-bond acceptors (Lipinski definition) is 6. The monoisotopic (exact) mass is 456 g/mol. The molecule has 0 aliphatic heterocycles. The molecule has 30 heavy (non-hydrogen) atoms. The van der Waals surface area contributed by atoms with Crippen LogP contribution in [0, 0.1) is 10.8 Å². The van der Waals surface area contributed by atoms with Crippen molar-refractivity contribution in [1.29, 1.82) is 10.8 Å². The standard InChI is InChI=1S/C16H16N4.2CH4O3S/c17-15(18)13-7-3-11(4-8-13)1-2-12-5-9-14(10-6-12)16(19)20;2*1-5(2,3)4/h1-10H,(H3,17,18)(H3,19,20);2*1H3,(H,2,3,4)/b2-1+;;. The first kappa shape index (κ1) is 26.9. The van der Waals surface area contributed by atoms with E-state index in [2.05, 4.69) is 0 Å². The average molecular weight is 457 g/mol. The van der Waals surface area contributed by atoms with E-state index in [0.717, 1.165) is 11.1 Å². The van der Waals surface area contributed by atoms with Gasteiger partial charge < -0.3 is 11.5 Å². The number of nitrogens with one attached hydrogen (secondary N) is 2. The smallest absolute Gasteiger partial charge is 0.261 e. The van der Waals surface area contributed by atoms with Crippen LogP contribution in [0.15, 0.2) is 48.5 Å². The predicted octanol–water partition coefficient (Wildman–Crippen LogP) is 1.43. The summed E-state index contributed by atoms with van der Waals surface area (Å²) in [5.41, 5.74) is 14.3. The summed E-state index contributed by atoms with van der Waals surface area (Å²) in [6.45, 7) is 0. The Kier molecular flexibility index (Phi) is 10.6. The summed E-state index contributed by atoms with van der Waals surface area (Å²) < 4.78 is 51.7. The van der Waals surface area contributed by atoms with Crippen LogP contribution < -0.4 is 11.5 Å². The molecule has 2 aromatic rings. The Labute approximate surface area is 175 Å². The third kappa shape index (κ3) is 15.9. The lowest BCUT2D eigenvalue weighted by Gasteiger charge is -2.00. The second kappa shape index (κ2) is 11.8. The first-order chi connectivity index (χ1) is 13.6. The maximum Gasteiger partial charge on any atom is 0.261 e. The van der Waals surface area contributed by atoms with Crippen LogP contribution in [0.5, 0.6) is 0 Å². The Balaban J connectivity index is 0.000000702. The molecule has 8 N–H and O–H groups in total. The molecule has 0 fully saturated rings. The molecular formula is C18H24N4O6S2. The van der Waals surface area contributed by atoms with Crippen molar-refractivity contribution in [3.8, 4) is 0 Å². The molecule has 0 saturated carbocycles. The lowest BCUT2D eigenvalue weighted by atomic mass is 10.1. The third-order valence-corrected chi connectivity index (χ3v) is 2.91. The summed E-state index contributed by atoms with van der Waals surface area (Å²) in [4.78, 5) is 0. The lowest BCUT2D eigenvalue weighted by Crippen LogP contribution is -2.10. The quantitative estimate of drug-likeness (QED) is 0.171. The van der Waals surface area contributed by atoms with Gasteiger partial charge in [0.15, 0.2) is 0 Å². The molecular weight excluding hydrogens is 432 g/mol. The van der Waals surface area contributed by atoms with E-state index in [1.54, 1.807) is 0 Å². The van der Waals surface area contributed by atoms with Crippen LogP contribution in [0.25, 0.3) is 12.2 Å². The molecule has 0 heterocycles. The van der Waals surface area contributed by atoms with Crippen LogP contribution in [0.2, 0.25) is 0 Å². The minimum absolute atomic E-state index is 0.0698. The molecule has 0 radical (unpaired) electrons. The maximum atomic E-state index is 9.19. The Bertz CT molecular complexity index is 987. The van der Waals surface area contributed by atoms with Crippen LogP contribution in [-0.2, 0) is 20.2 Å². The predicted molar refractivity (Wildman–Crippen MR) is 119 cm³/mol. The normalized spacial score (nSPS) is 10.9. The zero-order valence-corrected chi connectivity index (χ0v) is 17.9. The van der Waals surface area contributed by atoms with Crippen LogP contribution in [0.4, 0.5) is 0 Å². The molecule has 0 unspecified atom stereocenters. The van der Waals surface area contributed by atoms with E-state index in [-0.39, 0.29) is 11.7 Å². The second-order valence-electron chi connectivity index (χ2n) is 5.87. The highest BCUT2D eigenvalue weighted by atomic mass is 32.2. The van der Waals surface area contributed by atoms with Gasteiger partial charge in [-0.2, -0.15) is 16.8 Å². The number of nitrogen functional groups attached to an aromatic ring is 2. The van der Waals surface area contributed by atoms with E-state index < -0.39 is 20.2 Å². The first-order valence-corrected chi connectivity index (χ1v) is 11.7. The molecule has 10 nitrogen and oxygen atoms in total. The largest absolute Gasteiger partial charge is 0.384 e. The van der Waals surface area contributed by atoms with Gasteiger partial charge in [-0.05, 0) is 11.1 Å². The average Bonchev–Trinajstić information content (AvgIpc) is 2.58. The molecule has 0 aromatic heterocycles. The van der Waals surface area contributed by atoms with E-state index in [0.29, 0.717) is 23.6 Å². The van der Waals surface area contributed by atoms with E-state index in [4.69, 9.17) is 31.4 Å². The lowest BCUT2D eigenvalue weighted by molar-refractivity contribution is 0.488. The van der Waals surface area contributed by atoms with Crippen molar-refractivity contribution in [2.24, 2.45) is 11.5 Å².